The van der Waals surface area contributed by atoms with E-state index in [1.54, 1.807) is 0 Å². The van der Waals surface area contributed by atoms with Crippen molar-refractivity contribution >= 4 is 23.3 Å². The summed E-state index contributed by atoms with van der Waals surface area (Å²) >= 11 is 0. The van der Waals surface area contributed by atoms with Crippen LogP contribution in [0.1, 0.15) is 23.6 Å². The minimum Gasteiger partial charge on any atom is -0.481 e. The summed E-state index contributed by atoms with van der Waals surface area (Å²) in [5.74, 6) is -3.15. The average Bonchev–Trinajstić information content (AvgIpc) is 2.58. The number of carboxylic acid groups (broad SMARTS) is 1. The number of aryl methyl sites for hydroxylation is 2. The van der Waals surface area contributed by atoms with Crippen molar-refractivity contribution in [1.82, 2.24) is 0 Å². The molecule has 2 rings (SSSR count). The Bertz CT molecular complexity index is 841. The number of aliphatic carboxylic acids is 1. The van der Waals surface area contributed by atoms with E-state index in [4.69, 9.17) is 0 Å². The van der Waals surface area contributed by atoms with Crippen molar-refractivity contribution in [2.45, 2.75) is 27.2 Å². The number of carbonyl (C=O) groups excluding carboxylic acids is 1. The number of nitrogens with one attached hydrogen (secondary N) is 1. The van der Waals surface area contributed by atoms with E-state index in [9.17, 15) is 24.8 Å². The highest BCUT2D eigenvalue weighted by molar-refractivity contribution is 5.95. The van der Waals surface area contributed by atoms with Crippen molar-refractivity contribution < 1.29 is 19.6 Å². The number of nitro benzene ring substituents is 1. The van der Waals surface area contributed by atoms with Gasteiger partial charge in [-0.2, -0.15) is 0 Å². The Morgan fingerprint density at radius 3 is 2.15 bits per heavy atom. The summed E-state index contributed by atoms with van der Waals surface area (Å²) in [4.78, 5) is 34.4. The van der Waals surface area contributed by atoms with Gasteiger partial charge in [0.2, 0.25) is 5.91 Å². The fraction of sp³-hybridized carbons (Fsp3) is 0.300. The standard InChI is InChI=1S/C20H22N2O5/c1-12-8-13(2)10-15(9-12)11-18(14(3)20(24)25)19(23)21-16-4-6-17(7-5-16)22(26)27/h4-10,14,18H,11H2,1-3H3,(H,21,23)(H,24,25)/t14-,18+/m1/s1. The molecular weight excluding hydrogens is 348 g/mol. The predicted molar refractivity (Wildman–Crippen MR) is 102 cm³/mol. The smallest absolute Gasteiger partial charge is 0.307 e. The summed E-state index contributed by atoms with van der Waals surface area (Å²) in [6, 6.07) is 11.3. The zero-order valence-electron chi connectivity index (χ0n) is 15.4. The fourth-order valence-electron chi connectivity index (χ4n) is 3.01. The number of carbonyl (C=O) groups is 2. The van der Waals surface area contributed by atoms with E-state index in [-0.39, 0.29) is 12.1 Å². The molecule has 0 bridgehead atoms. The summed E-state index contributed by atoms with van der Waals surface area (Å²) in [7, 11) is 0. The molecule has 7 heteroatoms. The normalized spacial score (nSPS) is 12.9. The van der Waals surface area contributed by atoms with Crippen molar-refractivity contribution in [1.29, 1.82) is 0 Å². The second-order valence-electron chi connectivity index (χ2n) is 6.73. The van der Waals surface area contributed by atoms with Crippen LogP contribution in [-0.4, -0.2) is 21.9 Å². The van der Waals surface area contributed by atoms with Crippen LogP contribution in [0, 0.1) is 35.8 Å². The number of benzene rings is 2. The van der Waals surface area contributed by atoms with E-state index >= 15 is 0 Å². The Kier molecular flexibility index (Phi) is 6.28. The molecule has 2 aromatic rings. The van der Waals surface area contributed by atoms with E-state index in [0.29, 0.717) is 5.69 Å². The first-order chi connectivity index (χ1) is 12.7. The van der Waals surface area contributed by atoms with Gasteiger partial charge >= 0.3 is 5.97 Å². The zero-order valence-corrected chi connectivity index (χ0v) is 15.4. The molecule has 2 aromatic carbocycles. The van der Waals surface area contributed by atoms with Crippen LogP contribution in [0.4, 0.5) is 11.4 Å². The number of anilines is 1. The Morgan fingerprint density at radius 1 is 1.11 bits per heavy atom. The molecule has 0 fully saturated rings. The molecule has 27 heavy (non-hydrogen) atoms. The molecule has 2 N–H and O–H groups in total. The first kappa shape index (κ1) is 20.1. The zero-order chi connectivity index (χ0) is 20.1. The van der Waals surface area contributed by atoms with Gasteiger partial charge in [0.25, 0.3) is 5.69 Å². The maximum Gasteiger partial charge on any atom is 0.307 e. The maximum absolute atomic E-state index is 12.7. The molecule has 0 saturated heterocycles. The van der Waals surface area contributed by atoms with Gasteiger partial charge in [0, 0.05) is 17.8 Å². The van der Waals surface area contributed by atoms with Gasteiger partial charge in [-0.05, 0) is 38.0 Å². The van der Waals surface area contributed by atoms with Crippen molar-refractivity contribution in [2.24, 2.45) is 11.8 Å². The molecule has 7 nitrogen and oxygen atoms in total. The highest BCUT2D eigenvalue weighted by atomic mass is 16.6. The molecule has 0 radical (unpaired) electrons. The Labute approximate surface area is 157 Å². The number of hydrogen-bond acceptors (Lipinski definition) is 4. The molecule has 0 saturated carbocycles. The van der Waals surface area contributed by atoms with Crippen LogP contribution >= 0.6 is 0 Å². The highest BCUT2D eigenvalue weighted by Gasteiger charge is 2.30. The Hall–Kier alpha value is -3.22. The number of nitro groups is 1. The third kappa shape index (κ3) is 5.37. The lowest BCUT2D eigenvalue weighted by Gasteiger charge is -2.21. The van der Waals surface area contributed by atoms with E-state index < -0.39 is 28.6 Å². The quantitative estimate of drug-likeness (QED) is 0.570. The number of non-ortho nitro benzene ring substituents is 1. The minimum absolute atomic E-state index is 0.0845. The van der Waals surface area contributed by atoms with Gasteiger partial charge < -0.3 is 10.4 Å². The average molecular weight is 370 g/mol. The van der Waals surface area contributed by atoms with Crippen LogP contribution in [0.15, 0.2) is 42.5 Å². The number of hydrogen-bond donors (Lipinski definition) is 2. The fourth-order valence-corrected chi connectivity index (χ4v) is 3.01. The van der Waals surface area contributed by atoms with Crippen molar-refractivity contribution in [2.75, 3.05) is 5.32 Å². The maximum atomic E-state index is 12.7. The summed E-state index contributed by atoms with van der Waals surface area (Å²) in [6.45, 7) is 5.40. The summed E-state index contributed by atoms with van der Waals surface area (Å²) in [5.41, 5.74) is 3.28. The topological polar surface area (TPSA) is 110 Å². The molecule has 2 atom stereocenters. The van der Waals surface area contributed by atoms with Crippen LogP contribution in [0.5, 0.6) is 0 Å². The van der Waals surface area contributed by atoms with Crippen LogP contribution in [-0.2, 0) is 16.0 Å². The van der Waals surface area contributed by atoms with Crippen molar-refractivity contribution in [3.8, 4) is 0 Å². The third-order valence-corrected chi connectivity index (χ3v) is 4.41. The van der Waals surface area contributed by atoms with E-state index in [2.05, 4.69) is 5.32 Å². The lowest BCUT2D eigenvalue weighted by atomic mass is 9.86. The molecule has 0 spiro atoms. The molecule has 0 aliphatic carbocycles. The van der Waals surface area contributed by atoms with Crippen LogP contribution in [0.25, 0.3) is 0 Å². The summed E-state index contributed by atoms with van der Waals surface area (Å²) in [5, 5.41) is 22.8. The molecular formula is C20H22N2O5. The minimum atomic E-state index is -1.05. The monoisotopic (exact) mass is 370 g/mol. The number of nitrogens with zero attached hydrogens (tertiary/aromatic N) is 1. The molecule has 0 heterocycles. The van der Waals surface area contributed by atoms with Gasteiger partial charge in [-0.3, -0.25) is 19.7 Å². The summed E-state index contributed by atoms with van der Waals surface area (Å²) < 4.78 is 0. The van der Waals surface area contributed by atoms with Crippen molar-refractivity contribution in [3.05, 3.63) is 69.3 Å². The number of carboxylic acids is 1. The van der Waals surface area contributed by atoms with Gasteiger partial charge in [0.05, 0.1) is 16.8 Å². The van der Waals surface area contributed by atoms with E-state index in [1.165, 1.54) is 31.2 Å². The number of rotatable bonds is 7. The molecule has 0 aromatic heterocycles. The van der Waals surface area contributed by atoms with Gasteiger partial charge in [-0.15, -0.1) is 0 Å². The third-order valence-electron chi connectivity index (χ3n) is 4.41. The Morgan fingerprint density at radius 2 is 1.67 bits per heavy atom. The van der Waals surface area contributed by atoms with Crippen molar-refractivity contribution in [3.63, 3.8) is 0 Å². The summed E-state index contributed by atoms with van der Waals surface area (Å²) in [6.07, 6.45) is 0.287. The van der Waals surface area contributed by atoms with Crippen LogP contribution in [0.3, 0.4) is 0 Å². The van der Waals surface area contributed by atoms with Gasteiger partial charge in [0.1, 0.15) is 0 Å². The van der Waals surface area contributed by atoms with Crippen LogP contribution in [0.2, 0.25) is 0 Å². The van der Waals surface area contributed by atoms with Gasteiger partial charge in [-0.25, -0.2) is 0 Å². The lowest BCUT2D eigenvalue weighted by Crippen LogP contribution is -2.33. The van der Waals surface area contributed by atoms with E-state index in [0.717, 1.165) is 16.7 Å². The highest BCUT2D eigenvalue weighted by Crippen LogP contribution is 2.23. The van der Waals surface area contributed by atoms with Gasteiger partial charge in [-0.1, -0.05) is 36.2 Å². The lowest BCUT2D eigenvalue weighted by molar-refractivity contribution is -0.384. The molecule has 0 unspecified atom stereocenters. The first-order valence-corrected chi connectivity index (χ1v) is 8.52. The second kappa shape index (κ2) is 8.44. The molecule has 142 valence electrons. The SMILES string of the molecule is Cc1cc(C)cc(C[C@H](C(=O)Nc2ccc([N+](=O)[O-])cc2)[C@@H](C)C(=O)O)c1. The molecule has 0 aliphatic rings. The Balaban J connectivity index is 2.23. The molecule has 1 amide bonds. The van der Waals surface area contributed by atoms with E-state index in [1.807, 2.05) is 32.0 Å². The van der Waals surface area contributed by atoms with Crippen LogP contribution < -0.4 is 5.32 Å². The predicted octanol–water partition coefficient (Wildman–Crippen LogP) is 3.73. The molecule has 0 aliphatic heterocycles. The largest absolute Gasteiger partial charge is 0.481 e. The first-order valence-electron chi connectivity index (χ1n) is 8.52. The second-order valence-corrected chi connectivity index (χ2v) is 6.73. The van der Waals surface area contributed by atoms with Gasteiger partial charge in [0.15, 0.2) is 0 Å². The number of amides is 1.